The van der Waals surface area contributed by atoms with Gasteiger partial charge in [0, 0.05) is 38.5 Å². The van der Waals surface area contributed by atoms with Crippen LogP contribution in [0.1, 0.15) is 44.0 Å². The van der Waals surface area contributed by atoms with Crippen molar-refractivity contribution in [1.29, 1.82) is 0 Å². The van der Waals surface area contributed by atoms with E-state index in [4.69, 9.17) is 21.1 Å². The Hall–Kier alpha value is -2.32. The molecule has 0 radical (unpaired) electrons. The van der Waals surface area contributed by atoms with E-state index in [0.29, 0.717) is 23.1 Å². The van der Waals surface area contributed by atoms with Gasteiger partial charge in [-0.1, -0.05) is 31.5 Å². The molecule has 3 rings (SSSR count). The Kier molecular flexibility index (Phi) is 7.20. The maximum Gasteiger partial charge on any atom is 0.223 e. The van der Waals surface area contributed by atoms with Gasteiger partial charge in [0.25, 0.3) is 0 Å². The molecular formula is C21H30ClN5O3. The molecule has 1 amide bonds. The lowest BCUT2D eigenvalue weighted by molar-refractivity contribution is -0.124. The SMILES string of the molecule is COc1ccc(CN2CCc3nnc([C@@H](C)NC(=O)C(C)C)n3CC2)c(Cl)c1OC. The number of nitrogens with one attached hydrogen (secondary N) is 1. The van der Waals surface area contributed by atoms with Gasteiger partial charge in [-0.05, 0) is 18.6 Å². The standard InChI is InChI=1S/C21H30ClN5O3/c1-13(2)21(28)23-14(3)20-25-24-17-8-9-26(10-11-27(17)20)12-15-6-7-16(29-4)19(30-5)18(15)22/h6-7,13-14H,8-12H2,1-5H3,(H,23,28)/t14-/m1/s1. The van der Waals surface area contributed by atoms with Gasteiger partial charge in [0.15, 0.2) is 17.3 Å². The van der Waals surface area contributed by atoms with Crippen LogP contribution in [0.15, 0.2) is 12.1 Å². The molecule has 2 heterocycles. The number of carbonyl (C=O) groups excluding carboxylic acids is 1. The van der Waals surface area contributed by atoms with Gasteiger partial charge in [0.05, 0.1) is 25.3 Å². The summed E-state index contributed by atoms with van der Waals surface area (Å²) < 4.78 is 12.9. The van der Waals surface area contributed by atoms with Gasteiger partial charge in [-0.2, -0.15) is 0 Å². The number of hydrogen-bond donors (Lipinski definition) is 1. The lowest BCUT2D eigenvalue weighted by Crippen LogP contribution is -2.32. The largest absolute Gasteiger partial charge is 0.493 e. The topological polar surface area (TPSA) is 81.5 Å². The molecule has 0 unspecified atom stereocenters. The normalized spacial score (nSPS) is 15.4. The van der Waals surface area contributed by atoms with Crippen molar-refractivity contribution < 1.29 is 14.3 Å². The van der Waals surface area contributed by atoms with E-state index in [2.05, 4.69) is 25.0 Å². The van der Waals surface area contributed by atoms with E-state index < -0.39 is 0 Å². The van der Waals surface area contributed by atoms with E-state index in [1.54, 1.807) is 14.2 Å². The first-order valence-electron chi connectivity index (χ1n) is 10.2. The van der Waals surface area contributed by atoms with E-state index in [-0.39, 0.29) is 17.9 Å². The van der Waals surface area contributed by atoms with Crippen LogP contribution in [0.3, 0.4) is 0 Å². The van der Waals surface area contributed by atoms with E-state index in [9.17, 15) is 4.79 Å². The van der Waals surface area contributed by atoms with E-state index in [0.717, 1.165) is 43.3 Å². The summed E-state index contributed by atoms with van der Waals surface area (Å²) in [6.07, 6.45) is 0.781. The third kappa shape index (κ3) is 4.70. The molecule has 8 nitrogen and oxygen atoms in total. The van der Waals surface area contributed by atoms with Gasteiger partial charge in [0.2, 0.25) is 5.91 Å². The van der Waals surface area contributed by atoms with Crippen molar-refractivity contribution in [3.63, 3.8) is 0 Å². The molecule has 9 heteroatoms. The van der Waals surface area contributed by atoms with Crippen LogP contribution < -0.4 is 14.8 Å². The Balaban J connectivity index is 1.71. The summed E-state index contributed by atoms with van der Waals surface area (Å²) in [6, 6.07) is 3.67. The number of methoxy groups -OCH3 is 2. The number of nitrogens with zero attached hydrogens (tertiary/aromatic N) is 4. The number of benzene rings is 1. The molecule has 1 aliphatic heterocycles. The number of hydrogen-bond acceptors (Lipinski definition) is 6. The van der Waals surface area contributed by atoms with E-state index in [1.807, 2.05) is 32.9 Å². The monoisotopic (exact) mass is 435 g/mol. The molecule has 0 aliphatic carbocycles. The van der Waals surface area contributed by atoms with Gasteiger partial charge in [0.1, 0.15) is 5.82 Å². The highest BCUT2D eigenvalue weighted by atomic mass is 35.5. The van der Waals surface area contributed by atoms with Crippen molar-refractivity contribution in [1.82, 2.24) is 25.0 Å². The molecule has 0 bridgehead atoms. The van der Waals surface area contributed by atoms with Crippen molar-refractivity contribution in [2.45, 2.75) is 46.3 Å². The molecule has 1 aromatic carbocycles. The van der Waals surface area contributed by atoms with Crippen molar-refractivity contribution in [2.75, 3.05) is 27.3 Å². The first-order chi connectivity index (χ1) is 14.3. The van der Waals surface area contributed by atoms with E-state index in [1.165, 1.54) is 0 Å². The van der Waals surface area contributed by atoms with Crippen LogP contribution in [-0.4, -0.2) is 52.9 Å². The molecule has 1 aromatic heterocycles. The molecule has 0 fully saturated rings. The first kappa shape index (κ1) is 22.4. The zero-order valence-corrected chi connectivity index (χ0v) is 19.0. The summed E-state index contributed by atoms with van der Waals surface area (Å²) in [7, 11) is 3.19. The van der Waals surface area contributed by atoms with Crippen molar-refractivity contribution >= 4 is 17.5 Å². The number of fused-ring (bicyclic) bond motifs is 1. The van der Waals surface area contributed by atoms with Crippen LogP contribution in [0, 0.1) is 5.92 Å². The second-order valence-corrected chi connectivity index (χ2v) is 8.19. The average Bonchev–Trinajstić information content (AvgIpc) is 3.03. The molecular weight excluding hydrogens is 406 g/mol. The van der Waals surface area contributed by atoms with Crippen LogP contribution in [0.4, 0.5) is 0 Å². The summed E-state index contributed by atoms with van der Waals surface area (Å²) in [5.41, 5.74) is 0.991. The maximum atomic E-state index is 12.1. The lowest BCUT2D eigenvalue weighted by atomic mass is 10.1. The number of ether oxygens (including phenoxy) is 2. The van der Waals surface area contributed by atoms with Gasteiger partial charge in [-0.25, -0.2) is 0 Å². The van der Waals surface area contributed by atoms with Crippen LogP contribution in [0.2, 0.25) is 5.02 Å². The van der Waals surface area contributed by atoms with Gasteiger partial charge in [-0.15, -0.1) is 10.2 Å². The summed E-state index contributed by atoms with van der Waals surface area (Å²) in [4.78, 5) is 14.4. The molecule has 1 N–H and O–H groups in total. The molecule has 164 valence electrons. The fourth-order valence-corrected chi connectivity index (χ4v) is 3.90. The zero-order valence-electron chi connectivity index (χ0n) is 18.2. The molecule has 0 saturated heterocycles. The Labute approximate surface area is 182 Å². The summed E-state index contributed by atoms with van der Waals surface area (Å²) in [5, 5.41) is 12.3. The highest BCUT2D eigenvalue weighted by Crippen LogP contribution is 2.37. The molecule has 0 saturated carbocycles. The Morgan fingerprint density at radius 3 is 2.60 bits per heavy atom. The average molecular weight is 436 g/mol. The second-order valence-electron chi connectivity index (χ2n) is 7.81. The van der Waals surface area contributed by atoms with Crippen molar-refractivity contribution in [3.8, 4) is 11.5 Å². The number of halogens is 1. The molecule has 1 atom stereocenters. The van der Waals surface area contributed by atoms with Gasteiger partial charge >= 0.3 is 0 Å². The number of rotatable bonds is 7. The van der Waals surface area contributed by atoms with Crippen LogP contribution in [0.5, 0.6) is 11.5 Å². The number of aromatic nitrogens is 3. The van der Waals surface area contributed by atoms with Crippen molar-refractivity contribution in [2.24, 2.45) is 5.92 Å². The smallest absolute Gasteiger partial charge is 0.223 e. The second kappa shape index (κ2) is 9.66. The van der Waals surface area contributed by atoms with Gasteiger partial charge in [-0.3, -0.25) is 9.69 Å². The first-order valence-corrected chi connectivity index (χ1v) is 10.6. The predicted octanol–water partition coefficient (Wildman–Crippen LogP) is 2.84. The molecule has 0 spiro atoms. The van der Waals surface area contributed by atoms with Crippen LogP contribution in [-0.2, 0) is 24.3 Å². The third-order valence-corrected chi connectivity index (χ3v) is 5.79. The summed E-state index contributed by atoms with van der Waals surface area (Å²) in [5.74, 6) is 2.86. The summed E-state index contributed by atoms with van der Waals surface area (Å²) in [6.45, 7) is 8.83. The summed E-state index contributed by atoms with van der Waals surface area (Å²) >= 11 is 6.56. The van der Waals surface area contributed by atoms with Crippen molar-refractivity contribution in [3.05, 3.63) is 34.4 Å². The Morgan fingerprint density at radius 1 is 1.17 bits per heavy atom. The fraction of sp³-hybridized carbons (Fsp3) is 0.571. The molecule has 1 aliphatic rings. The van der Waals surface area contributed by atoms with Crippen LogP contribution in [0.25, 0.3) is 0 Å². The predicted molar refractivity (Wildman–Crippen MR) is 115 cm³/mol. The van der Waals surface area contributed by atoms with E-state index >= 15 is 0 Å². The number of carbonyl (C=O) groups is 1. The highest BCUT2D eigenvalue weighted by molar-refractivity contribution is 6.33. The Bertz CT molecular complexity index is 899. The van der Waals surface area contributed by atoms with Crippen LogP contribution >= 0.6 is 11.6 Å². The minimum Gasteiger partial charge on any atom is -0.493 e. The zero-order chi connectivity index (χ0) is 21.8. The minimum absolute atomic E-state index is 0.0122. The minimum atomic E-state index is -0.187. The third-order valence-electron chi connectivity index (χ3n) is 5.38. The quantitative estimate of drug-likeness (QED) is 0.720. The van der Waals surface area contributed by atoms with Gasteiger partial charge < -0.3 is 19.4 Å². The lowest BCUT2D eigenvalue weighted by Gasteiger charge is -2.22. The fourth-order valence-electron chi connectivity index (χ4n) is 3.61. The maximum absolute atomic E-state index is 12.1. The molecule has 30 heavy (non-hydrogen) atoms. The Morgan fingerprint density at radius 2 is 1.93 bits per heavy atom. The number of amides is 1. The highest BCUT2D eigenvalue weighted by Gasteiger charge is 2.24. The molecule has 2 aromatic rings.